The lowest BCUT2D eigenvalue weighted by molar-refractivity contribution is -0.128. The van der Waals surface area contributed by atoms with E-state index in [9.17, 15) is 19.2 Å². The van der Waals surface area contributed by atoms with Gasteiger partial charge in [0.05, 0.1) is 11.9 Å². The number of anilines is 1. The molecule has 0 spiro atoms. The Morgan fingerprint density at radius 2 is 1.53 bits per heavy atom. The van der Waals surface area contributed by atoms with Crippen LogP contribution < -0.4 is 10.6 Å². The fourth-order valence-electron chi connectivity index (χ4n) is 5.21. The maximum absolute atomic E-state index is 13.6. The van der Waals surface area contributed by atoms with Gasteiger partial charge in [-0.15, -0.1) is 0 Å². The predicted molar refractivity (Wildman–Crippen MR) is 184 cm³/mol. The van der Waals surface area contributed by atoms with E-state index in [2.05, 4.69) is 27.8 Å². The number of ether oxygens (including phenoxy) is 1. The first-order valence-corrected chi connectivity index (χ1v) is 16.3. The van der Waals surface area contributed by atoms with Crippen molar-refractivity contribution in [2.75, 3.05) is 19.4 Å². The normalized spacial score (nSPS) is 12.2. The van der Waals surface area contributed by atoms with Crippen molar-refractivity contribution < 1.29 is 23.9 Å². The Morgan fingerprint density at radius 3 is 2.19 bits per heavy atom. The molecule has 10 nitrogen and oxygen atoms in total. The average Bonchev–Trinajstić information content (AvgIpc) is 3.43. The van der Waals surface area contributed by atoms with Crippen LogP contribution in [0.1, 0.15) is 83.4 Å². The molecule has 1 atom stereocenters. The van der Waals surface area contributed by atoms with Gasteiger partial charge in [0.1, 0.15) is 5.60 Å². The van der Waals surface area contributed by atoms with Gasteiger partial charge in [0, 0.05) is 45.6 Å². The summed E-state index contributed by atoms with van der Waals surface area (Å²) in [6.45, 7) is 9.13. The highest BCUT2D eigenvalue weighted by molar-refractivity contribution is 5.93. The Hall–Kier alpha value is -4.47. The zero-order valence-corrected chi connectivity index (χ0v) is 29.0. The molecule has 0 aliphatic carbocycles. The number of alkyl carbamates (subject to hydrolysis) is 1. The van der Waals surface area contributed by atoms with Gasteiger partial charge in [-0.25, -0.2) is 9.78 Å². The van der Waals surface area contributed by atoms with Gasteiger partial charge in [-0.3, -0.25) is 14.4 Å². The van der Waals surface area contributed by atoms with Crippen LogP contribution in [-0.2, 0) is 38.5 Å². The number of nitrogens with one attached hydrogen (secondary N) is 2. The van der Waals surface area contributed by atoms with Gasteiger partial charge in [0.25, 0.3) is 0 Å². The maximum atomic E-state index is 13.6. The number of hydrogen-bond donors (Lipinski definition) is 2. The van der Waals surface area contributed by atoms with Gasteiger partial charge in [-0.05, 0) is 83.4 Å². The van der Waals surface area contributed by atoms with Crippen LogP contribution in [0.5, 0.6) is 0 Å². The van der Waals surface area contributed by atoms with E-state index in [0.29, 0.717) is 38.0 Å². The lowest BCUT2D eigenvalue weighted by atomic mass is 9.89. The lowest BCUT2D eigenvalue weighted by Gasteiger charge is -2.28. The van der Waals surface area contributed by atoms with Crippen LogP contribution >= 0.6 is 0 Å². The standard InChI is InChI=1S/C37H51N5O5/c1-36(2,3)47-35(46)40-37(4,5)31(43)22-20-29(19-13-16-27-14-9-8-10-15-27)34(45)39-32-25-42(26-38-32)24-30-18-12-11-17-28(30)21-23-33(44)41(6)7/h8-12,14-15,17-18,25-26,29H,13,16,19-24H2,1-7H3,(H,39,45)(H,40,46)/t29-/m0/s1. The molecule has 254 valence electrons. The lowest BCUT2D eigenvalue weighted by Crippen LogP contribution is -2.51. The number of ketones is 1. The number of rotatable bonds is 16. The molecule has 0 aliphatic heterocycles. The minimum absolute atomic E-state index is 0.0790. The Bertz CT molecular complexity index is 1490. The zero-order valence-electron chi connectivity index (χ0n) is 29.0. The predicted octanol–water partition coefficient (Wildman–Crippen LogP) is 6.18. The molecule has 0 bridgehead atoms. The minimum Gasteiger partial charge on any atom is -0.444 e. The molecule has 0 fully saturated rings. The van der Waals surface area contributed by atoms with E-state index in [0.717, 1.165) is 24.0 Å². The van der Waals surface area contributed by atoms with E-state index < -0.39 is 23.2 Å². The van der Waals surface area contributed by atoms with Crippen molar-refractivity contribution in [3.63, 3.8) is 0 Å². The summed E-state index contributed by atoms with van der Waals surface area (Å²) in [7, 11) is 3.51. The molecule has 0 unspecified atom stereocenters. The van der Waals surface area contributed by atoms with E-state index >= 15 is 0 Å². The van der Waals surface area contributed by atoms with E-state index in [1.807, 2.05) is 47.0 Å². The van der Waals surface area contributed by atoms with E-state index in [4.69, 9.17) is 4.74 Å². The number of hydrogen-bond acceptors (Lipinski definition) is 6. The molecule has 1 heterocycles. The number of Topliss-reactive ketones (excluding diaryl/α,β-unsaturated/α-hetero) is 1. The first-order valence-electron chi connectivity index (χ1n) is 16.3. The molecule has 1 aromatic heterocycles. The molecular formula is C37H51N5O5. The maximum Gasteiger partial charge on any atom is 0.408 e. The molecule has 0 aliphatic rings. The van der Waals surface area contributed by atoms with Crippen molar-refractivity contribution in [2.24, 2.45) is 5.92 Å². The van der Waals surface area contributed by atoms with Gasteiger partial charge in [0.2, 0.25) is 11.8 Å². The van der Waals surface area contributed by atoms with Crippen molar-refractivity contribution >= 4 is 29.5 Å². The van der Waals surface area contributed by atoms with Crippen molar-refractivity contribution in [3.8, 4) is 0 Å². The number of imidazole rings is 1. The van der Waals surface area contributed by atoms with Gasteiger partial charge in [-0.2, -0.15) is 0 Å². The molecule has 2 aromatic carbocycles. The molecule has 0 saturated carbocycles. The fraction of sp³-hybridized carbons (Fsp3) is 0.486. The van der Waals surface area contributed by atoms with Crippen LogP contribution in [0.4, 0.5) is 10.6 Å². The third-order valence-corrected chi connectivity index (χ3v) is 7.92. The summed E-state index contributed by atoms with van der Waals surface area (Å²) in [5.74, 6) is -0.298. The number of nitrogens with zero attached hydrogens (tertiary/aromatic N) is 3. The summed E-state index contributed by atoms with van der Waals surface area (Å²) in [5, 5.41) is 5.63. The van der Waals surface area contributed by atoms with Crippen molar-refractivity contribution in [1.29, 1.82) is 0 Å². The highest BCUT2D eigenvalue weighted by Crippen LogP contribution is 2.22. The Labute approximate surface area is 279 Å². The number of aryl methyl sites for hydroxylation is 2. The summed E-state index contributed by atoms with van der Waals surface area (Å²) >= 11 is 0. The topological polar surface area (TPSA) is 123 Å². The summed E-state index contributed by atoms with van der Waals surface area (Å²) < 4.78 is 7.24. The average molecular weight is 646 g/mol. The third kappa shape index (κ3) is 12.7. The second-order valence-electron chi connectivity index (χ2n) is 13.8. The first kappa shape index (κ1) is 37.0. The van der Waals surface area contributed by atoms with Gasteiger partial charge >= 0.3 is 6.09 Å². The molecule has 3 rings (SSSR count). The van der Waals surface area contributed by atoms with Crippen LogP contribution in [0.2, 0.25) is 0 Å². The number of benzene rings is 2. The van der Waals surface area contributed by atoms with E-state index in [-0.39, 0.29) is 24.0 Å². The van der Waals surface area contributed by atoms with E-state index in [1.165, 1.54) is 5.56 Å². The molecule has 3 aromatic rings. The van der Waals surface area contributed by atoms with Gasteiger partial charge in [0.15, 0.2) is 11.6 Å². The minimum atomic E-state index is -1.15. The largest absolute Gasteiger partial charge is 0.444 e. The Balaban J connectivity index is 1.65. The summed E-state index contributed by atoms with van der Waals surface area (Å²) in [6, 6.07) is 18.1. The quantitative estimate of drug-likeness (QED) is 0.192. The summed E-state index contributed by atoms with van der Waals surface area (Å²) in [5.41, 5.74) is 1.52. The molecular weight excluding hydrogens is 594 g/mol. The van der Waals surface area contributed by atoms with Crippen LogP contribution in [0.15, 0.2) is 67.1 Å². The third-order valence-electron chi connectivity index (χ3n) is 7.92. The molecule has 0 saturated heterocycles. The van der Waals surface area contributed by atoms with Crippen LogP contribution in [0.3, 0.4) is 0 Å². The number of carbonyl (C=O) groups excluding carboxylic acids is 4. The van der Waals surface area contributed by atoms with Gasteiger partial charge < -0.3 is 24.8 Å². The SMILES string of the molecule is CN(C)C(=O)CCc1ccccc1Cn1cnc(NC(=O)[C@@H](CCCc2ccccc2)CCC(=O)C(C)(C)NC(=O)OC(C)(C)C)c1. The van der Waals surface area contributed by atoms with Crippen molar-refractivity contribution in [3.05, 3.63) is 83.8 Å². The van der Waals surface area contributed by atoms with E-state index in [1.54, 1.807) is 66.1 Å². The summed E-state index contributed by atoms with van der Waals surface area (Å²) in [6.07, 6.45) is 6.51. The second kappa shape index (κ2) is 16.9. The smallest absolute Gasteiger partial charge is 0.408 e. The van der Waals surface area contributed by atoms with Crippen molar-refractivity contribution in [1.82, 2.24) is 19.8 Å². The van der Waals surface area contributed by atoms with Crippen LogP contribution in [0.25, 0.3) is 0 Å². The van der Waals surface area contributed by atoms with Crippen LogP contribution in [-0.4, -0.2) is 63.4 Å². The monoisotopic (exact) mass is 645 g/mol. The summed E-state index contributed by atoms with van der Waals surface area (Å²) in [4.78, 5) is 57.3. The molecule has 0 radical (unpaired) electrons. The van der Waals surface area contributed by atoms with Crippen molar-refractivity contribution in [2.45, 2.75) is 97.2 Å². The fourth-order valence-corrected chi connectivity index (χ4v) is 5.21. The van der Waals surface area contributed by atoms with Crippen LogP contribution in [0, 0.1) is 5.92 Å². The number of aromatic nitrogens is 2. The highest BCUT2D eigenvalue weighted by Gasteiger charge is 2.32. The second-order valence-corrected chi connectivity index (χ2v) is 13.8. The zero-order chi connectivity index (χ0) is 34.6. The Morgan fingerprint density at radius 1 is 0.872 bits per heavy atom. The highest BCUT2D eigenvalue weighted by atomic mass is 16.6. The Kier molecular flexibility index (Phi) is 13.3. The molecule has 47 heavy (non-hydrogen) atoms. The molecule has 2 N–H and O–H groups in total. The number of amides is 3. The molecule has 3 amide bonds. The van der Waals surface area contributed by atoms with Gasteiger partial charge in [-0.1, -0.05) is 54.6 Å². The first-order chi connectivity index (χ1) is 22.1. The molecule has 10 heteroatoms. The number of carbonyl (C=O) groups is 4.